The Labute approximate surface area is 169 Å². The Bertz CT molecular complexity index is 1040. The molecular weight excluding hydrogens is 368 g/mol. The molecule has 1 saturated heterocycles. The summed E-state index contributed by atoms with van der Waals surface area (Å²) >= 11 is 0. The van der Waals surface area contributed by atoms with Gasteiger partial charge in [0.05, 0.1) is 36.7 Å². The molecule has 150 valence electrons. The van der Waals surface area contributed by atoms with Crippen molar-refractivity contribution < 1.29 is 14.3 Å². The fraction of sp³-hybridized carbons (Fsp3) is 0.318. The first-order valence-corrected chi connectivity index (χ1v) is 9.62. The first-order chi connectivity index (χ1) is 14.1. The molecule has 1 aliphatic rings. The molecule has 1 fully saturated rings. The van der Waals surface area contributed by atoms with Gasteiger partial charge in [0.2, 0.25) is 0 Å². The summed E-state index contributed by atoms with van der Waals surface area (Å²) in [7, 11) is 3.20. The summed E-state index contributed by atoms with van der Waals surface area (Å²) in [6.07, 6.45) is 5.11. The minimum atomic E-state index is -0.00596. The number of nitrogens with two attached hydrogens (primary N) is 1. The first kappa shape index (κ1) is 19.0. The van der Waals surface area contributed by atoms with E-state index in [1.807, 2.05) is 23.1 Å². The maximum Gasteiger partial charge on any atom is 0.255 e. The summed E-state index contributed by atoms with van der Waals surface area (Å²) in [5.41, 5.74) is 9.22. The van der Waals surface area contributed by atoms with Crippen LogP contribution in [-0.2, 0) is 0 Å². The maximum atomic E-state index is 12.8. The second kappa shape index (κ2) is 7.95. The van der Waals surface area contributed by atoms with Crippen LogP contribution < -0.4 is 15.2 Å². The molecule has 3 aromatic rings. The Kier molecular flexibility index (Phi) is 5.20. The van der Waals surface area contributed by atoms with Crippen molar-refractivity contribution in [3.63, 3.8) is 0 Å². The van der Waals surface area contributed by atoms with Gasteiger partial charge in [0, 0.05) is 42.9 Å². The van der Waals surface area contributed by atoms with Crippen molar-refractivity contribution in [3.8, 4) is 11.5 Å². The third-order valence-electron chi connectivity index (χ3n) is 5.38. The molecule has 2 aromatic heterocycles. The molecule has 0 spiro atoms. The van der Waals surface area contributed by atoms with Crippen LogP contribution in [0.5, 0.6) is 11.5 Å². The molecule has 7 nitrogen and oxygen atoms in total. The van der Waals surface area contributed by atoms with Crippen LogP contribution in [0.2, 0.25) is 0 Å². The quantitative estimate of drug-likeness (QED) is 0.733. The van der Waals surface area contributed by atoms with Gasteiger partial charge in [-0.1, -0.05) is 0 Å². The van der Waals surface area contributed by atoms with Gasteiger partial charge in [0.25, 0.3) is 5.91 Å². The van der Waals surface area contributed by atoms with Crippen LogP contribution in [0.4, 0.5) is 5.69 Å². The Balaban J connectivity index is 1.64. The van der Waals surface area contributed by atoms with Gasteiger partial charge in [0.1, 0.15) is 0 Å². The van der Waals surface area contributed by atoms with Gasteiger partial charge >= 0.3 is 0 Å². The van der Waals surface area contributed by atoms with E-state index < -0.39 is 0 Å². The van der Waals surface area contributed by atoms with Crippen LogP contribution in [-0.4, -0.2) is 48.1 Å². The molecule has 2 N–H and O–H groups in total. The molecule has 0 bridgehead atoms. The van der Waals surface area contributed by atoms with Crippen molar-refractivity contribution >= 4 is 22.5 Å². The van der Waals surface area contributed by atoms with Crippen molar-refractivity contribution in [1.82, 2.24) is 14.9 Å². The largest absolute Gasteiger partial charge is 0.493 e. The van der Waals surface area contributed by atoms with Gasteiger partial charge in [-0.25, -0.2) is 0 Å². The number of pyridine rings is 2. The number of aromatic nitrogens is 2. The fourth-order valence-electron chi connectivity index (χ4n) is 3.92. The highest BCUT2D eigenvalue weighted by molar-refractivity contribution is 5.94. The predicted molar refractivity (Wildman–Crippen MR) is 111 cm³/mol. The SMILES string of the molecule is COc1cc2cc(N)c([C@@H]3CCCN(C(=O)c4cccnc4)C3)nc2cc1OC. The van der Waals surface area contributed by atoms with Crippen molar-refractivity contribution in [2.75, 3.05) is 33.0 Å². The lowest BCUT2D eigenvalue weighted by molar-refractivity contribution is 0.0705. The zero-order chi connectivity index (χ0) is 20.4. The average molecular weight is 392 g/mol. The summed E-state index contributed by atoms with van der Waals surface area (Å²) in [6.45, 7) is 1.31. The predicted octanol–water partition coefficient (Wildman–Crippen LogP) is 3.25. The number of ether oxygens (including phenoxy) is 2. The highest BCUT2D eigenvalue weighted by Crippen LogP contribution is 2.36. The topological polar surface area (TPSA) is 90.6 Å². The number of likely N-dealkylation sites (tertiary alicyclic amines) is 1. The highest BCUT2D eigenvalue weighted by Gasteiger charge is 2.28. The normalized spacial score (nSPS) is 16.6. The number of amides is 1. The maximum absolute atomic E-state index is 12.8. The third-order valence-corrected chi connectivity index (χ3v) is 5.38. The summed E-state index contributed by atoms with van der Waals surface area (Å²) in [5, 5.41) is 0.892. The van der Waals surface area contributed by atoms with Crippen molar-refractivity contribution in [1.29, 1.82) is 0 Å². The standard InChI is InChI=1S/C22H24N4O3/c1-28-19-10-16-9-17(23)21(25-18(16)11-20(19)29-2)15-6-4-8-26(13-15)22(27)14-5-3-7-24-12-14/h3,5,7,9-12,15H,4,6,8,13,23H2,1-2H3/t15-/m1/s1. The van der Waals surface area contributed by atoms with Crippen LogP contribution in [0, 0.1) is 0 Å². The lowest BCUT2D eigenvalue weighted by atomic mass is 9.92. The van der Waals surface area contributed by atoms with Crippen molar-refractivity contribution in [3.05, 3.63) is 54.0 Å². The zero-order valence-corrected chi connectivity index (χ0v) is 16.6. The Morgan fingerprint density at radius 1 is 1.21 bits per heavy atom. The molecule has 0 aliphatic carbocycles. The smallest absolute Gasteiger partial charge is 0.255 e. The number of carbonyl (C=O) groups is 1. The highest BCUT2D eigenvalue weighted by atomic mass is 16.5. The number of carbonyl (C=O) groups excluding carboxylic acids is 1. The number of rotatable bonds is 4. The molecule has 1 aromatic carbocycles. The summed E-state index contributed by atoms with van der Waals surface area (Å²) in [6, 6.07) is 9.22. The summed E-state index contributed by atoms with van der Waals surface area (Å²) < 4.78 is 10.8. The molecule has 4 rings (SSSR count). The molecule has 1 aliphatic heterocycles. The van der Waals surface area contributed by atoms with E-state index in [9.17, 15) is 4.79 Å². The van der Waals surface area contributed by atoms with Gasteiger partial charge in [-0.15, -0.1) is 0 Å². The fourth-order valence-corrected chi connectivity index (χ4v) is 3.92. The number of piperidine rings is 1. The van der Waals surface area contributed by atoms with Gasteiger partial charge < -0.3 is 20.1 Å². The first-order valence-electron chi connectivity index (χ1n) is 9.62. The Morgan fingerprint density at radius 3 is 2.72 bits per heavy atom. The van der Waals surface area contributed by atoms with Gasteiger partial charge in [0.15, 0.2) is 11.5 Å². The number of benzene rings is 1. The number of fused-ring (bicyclic) bond motifs is 1. The number of methoxy groups -OCH3 is 2. The third kappa shape index (κ3) is 3.68. The number of nitrogen functional groups attached to an aromatic ring is 1. The molecule has 7 heteroatoms. The van der Waals surface area contributed by atoms with Crippen LogP contribution in [0.3, 0.4) is 0 Å². The van der Waals surface area contributed by atoms with Crippen LogP contribution >= 0.6 is 0 Å². The zero-order valence-electron chi connectivity index (χ0n) is 16.6. The van der Waals surface area contributed by atoms with Crippen molar-refractivity contribution in [2.24, 2.45) is 0 Å². The molecular formula is C22H24N4O3. The summed E-state index contributed by atoms with van der Waals surface area (Å²) in [4.78, 5) is 23.6. The molecule has 1 amide bonds. The van der Waals surface area contributed by atoms with E-state index in [4.69, 9.17) is 20.2 Å². The Morgan fingerprint density at radius 2 is 2.00 bits per heavy atom. The second-order valence-corrected chi connectivity index (χ2v) is 7.19. The Hall–Kier alpha value is -3.35. The van der Waals surface area contributed by atoms with Gasteiger partial charge in [-0.2, -0.15) is 0 Å². The number of hydrogen-bond donors (Lipinski definition) is 1. The average Bonchev–Trinajstić information content (AvgIpc) is 2.77. The van der Waals surface area contributed by atoms with Crippen molar-refractivity contribution in [2.45, 2.75) is 18.8 Å². The van der Waals surface area contributed by atoms with E-state index in [2.05, 4.69) is 4.98 Å². The van der Waals surface area contributed by atoms with E-state index in [1.165, 1.54) is 0 Å². The van der Waals surface area contributed by atoms with Crippen LogP contribution in [0.1, 0.15) is 34.8 Å². The minimum absolute atomic E-state index is 0.00596. The lowest BCUT2D eigenvalue weighted by Crippen LogP contribution is -2.39. The molecule has 0 radical (unpaired) electrons. The minimum Gasteiger partial charge on any atom is -0.493 e. The number of nitrogens with zero attached hydrogens (tertiary/aromatic N) is 3. The van der Waals surface area contributed by atoms with Crippen LogP contribution in [0.15, 0.2) is 42.7 Å². The molecule has 1 atom stereocenters. The lowest BCUT2D eigenvalue weighted by Gasteiger charge is -2.33. The summed E-state index contributed by atoms with van der Waals surface area (Å²) in [5.74, 6) is 1.34. The number of hydrogen-bond acceptors (Lipinski definition) is 6. The number of anilines is 1. The van der Waals surface area contributed by atoms with Gasteiger partial charge in [-0.05, 0) is 37.1 Å². The molecule has 29 heavy (non-hydrogen) atoms. The van der Waals surface area contributed by atoms with Crippen LogP contribution in [0.25, 0.3) is 10.9 Å². The van der Waals surface area contributed by atoms with Gasteiger partial charge in [-0.3, -0.25) is 14.8 Å². The van der Waals surface area contributed by atoms with E-state index in [1.54, 1.807) is 38.7 Å². The monoisotopic (exact) mass is 392 g/mol. The van der Waals surface area contributed by atoms with E-state index in [-0.39, 0.29) is 11.8 Å². The van der Waals surface area contributed by atoms with E-state index in [0.29, 0.717) is 29.3 Å². The van der Waals surface area contributed by atoms with E-state index in [0.717, 1.165) is 36.0 Å². The molecule has 3 heterocycles. The molecule has 0 unspecified atom stereocenters. The molecule has 0 saturated carbocycles. The van der Waals surface area contributed by atoms with E-state index >= 15 is 0 Å². The second-order valence-electron chi connectivity index (χ2n) is 7.19.